The molecular formula is C28H32N2O2. The Hall–Kier alpha value is -2.43. The highest BCUT2D eigenvalue weighted by molar-refractivity contribution is 5.66. The molecule has 0 radical (unpaired) electrons. The van der Waals surface area contributed by atoms with Gasteiger partial charge in [-0.1, -0.05) is 67.6 Å². The van der Waals surface area contributed by atoms with Crippen LogP contribution >= 0.6 is 0 Å². The van der Waals surface area contributed by atoms with Gasteiger partial charge in [-0.05, 0) is 37.2 Å². The summed E-state index contributed by atoms with van der Waals surface area (Å²) in [5, 5.41) is 5.26. The summed E-state index contributed by atoms with van der Waals surface area (Å²) in [4.78, 5) is 0. The molecule has 3 aromatic rings. The van der Waals surface area contributed by atoms with E-state index in [2.05, 4.69) is 79.3 Å². The van der Waals surface area contributed by atoms with Gasteiger partial charge in [0, 0.05) is 35.9 Å². The van der Waals surface area contributed by atoms with Gasteiger partial charge in [0.15, 0.2) is 5.79 Å². The van der Waals surface area contributed by atoms with Gasteiger partial charge in [-0.25, -0.2) is 0 Å². The topological polar surface area (TPSA) is 36.3 Å². The van der Waals surface area contributed by atoms with Gasteiger partial charge in [0.1, 0.15) is 0 Å². The molecule has 2 fully saturated rings. The van der Waals surface area contributed by atoms with Crippen LogP contribution in [0.1, 0.15) is 43.0 Å². The van der Waals surface area contributed by atoms with Crippen molar-refractivity contribution in [2.45, 2.75) is 50.2 Å². The van der Waals surface area contributed by atoms with E-state index in [0.29, 0.717) is 11.8 Å². The Morgan fingerprint density at radius 1 is 0.969 bits per heavy atom. The minimum atomic E-state index is -0.403. The molecule has 1 spiro atoms. The van der Waals surface area contributed by atoms with E-state index in [1.54, 1.807) is 0 Å². The molecule has 32 heavy (non-hydrogen) atoms. The van der Waals surface area contributed by atoms with E-state index in [0.717, 1.165) is 45.3 Å². The first kappa shape index (κ1) is 20.2. The normalized spacial score (nSPS) is 28.4. The van der Waals surface area contributed by atoms with Gasteiger partial charge in [0.2, 0.25) is 0 Å². The molecule has 0 amide bonds. The minimum absolute atomic E-state index is 0.0136. The Bertz CT molecular complexity index is 1100. The zero-order valence-corrected chi connectivity index (χ0v) is 19.1. The molecular weight excluding hydrogens is 396 g/mol. The van der Waals surface area contributed by atoms with Crippen LogP contribution in [0.3, 0.4) is 0 Å². The second kappa shape index (κ2) is 7.57. The maximum absolute atomic E-state index is 6.28. The molecule has 4 nitrogen and oxygen atoms in total. The Labute approximate surface area is 190 Å². The molecule has 166 valence electrons. The van der Waals surface area contributed by atoms with E-state index < -0.39 is 5.79 Å². The minimum Gasteiger partial charge on any atom is -0.347 e. The van der Waals surface area contributed by atoms with E-state index >= 15 is 0 Å². The molecule has 4 heteroatoms. The van der Waals surface area contributed by atoms with Crippen LogP contribution in [0.4, 0.5) is 0 Å². The van der Waals surface area contributed by atoms with Gasteiger partial charge >= 0.3 is 0 Å². The first-order valence-corrected chi connectivity index (χ1v) is 12.1. The van der Waals surface area contributed by atoms with E-state index in [-0.39, 0.29) is 5.41 Å². The summed E-state index contributed by atoms with van der Waals surface area (Å²) in [6.07, 6.45) is 5.23. The molecule has 0 bridgehead atoms. The molecule has 1 saturated carbocycles. The van der Waals surface area contributed by atoms with Gasteiger partial charge in [0.05, 0.1) is 24.6 Å². The number of fused-ring (bicyclic) bond motifs is 3. The van der Waals surface area contributed by atoms with Crippen molar-refractivity contribution in [3.05, 3.63) is 77.5 Å². The van der Waals surface area contributed by atoms with Crippen LogP contribution in [0, 0.1) is 11.8 Å². The Kier molecular flexibility index (Phi) is 4.78. The number of aryl methyl sites for hydroxylation is 1. The van der Waals surface area contributed by atoms with Crippen LogP contribution in [0.5, 0.6) is 0 Å². The highest BCUT2D eigenvalue weighted by atomic mass is 16.7. The van der Waals surface area contributed by atoms with E-state index in [4.69, 9.17) is 14.6 Å². The number of ether oxygens (including phenoxy) is 2. The van der Waals surface area contributed by atoms with Gasteiger partial charge in [0.25, 0.3) is 0 Å². The number of hydrogen-bond donors (Lipinski definition) is 0. The first-order valence-electron chi connectivity index (χ1n) is 12.1. The summed E-state index contributed by atoms with van der Waals surface area (Å²) in [6.45, 7) is 3.80. The molecule has 1 aromatic heterocycles. The molecule has 1 aliphatic heterocycles. The molecule has 3 unspecified atom stereocenters. The molecule has 3 atom stereocenters. The average Bonchev–Trinajstić information content (AvgIpc) is 3.43. The van der Waals surface area contributed by atoms with Crippen molar-refractivity contribution >= 4 is 0 Å². The summed E-state index contributed by atoms with van der Waals surface area (Å²) < 4.78 is 14.7. The van der Waals surface area contributed by atoms with Crippen molar-refractivity contribution in [1.29, 1.82) is 0 Å². The summed E-state index contributed by atoms with van der Waals surface area (Å²) in [6, 6.07) is 21.8. The fraction of sp³-hybridized carbons (Fsp3) is 0.464. The fourth-order valence-corrected chi connectivity index (χ4v) is 7.02. The van der Waals surface area contributed by atoms with E-state index in [1.807, 2.05) is 0 Å². The van der Waals surface area contributed by atoms with Crippen molar-refractivity contribution in [3.8, 4) is 11.3 Å². The maximum atomic E-state index is 6.28. The Morgan fingerprint density at radius 2 is 1.66 bits per heavy atom. The van der Waals surface area contributed by atoms with E-state index in [1.165, 1.54) is 28.1 Å². The molecule has 3 aliphatic rings. The lowest BCUT2D eigenvalue weighted by atomic mass is 9.52. The van der Waals surface area contributed by atoms with Crippen LogP contribution in [-0.4, -0.2) is 28.8 Å². The van der Waals surface area contributed by atoms with Gasteiger partial charge < -0.3 is 9.47 Å². The predicted octanol–water partition coefficient (Wildman–Crippen LogP) is 5.30. The summed E-state index contributed by atoms with van der Waals surface area (Å²) in [7, 11) is 2.11. The lowest BCUT2D eigenvalue weighted by molar-refractivity contribution is -0.236. The Morgan fingerprint density at radius 3 is 2.38 bits per heavy atom. The van der Waals surface area contributed by atoms with Crippen molar-refractivity contribution in [3.63, 3.8) is 0 Å². The van der Waals surface area contributed by atoms with Gasteiger partial charge in [-0.15, -0.1) is 0 Å². The molecule has 0 N–H and O–H groups in total. The van der Waals surface area contributed by atoms with Gasteiger partial charge in [-0.3, -0.25) is 4.68 Å². The standard InChI is InChI=1S/C28H32N2O2/c1-20-24-14-13-23-25(22-11-7-4-8-12-22)30(2)29-26(23)27(24,19-21-9-5-3-6-10-21)15-16-28(20)31-17-18-32-28/h3-12,20,24H,13-19H2,1-2H3. The average molecular weight is 429 g/mol. The number of aromatic nitrogens is 2. The van der Waals surface area contributed by atoms with Crippen LogP contribution in [-0.2, 0) is 34.8 Å². The van der Waals surface area contributed by atoms with Crippen LogP contribution < -0.4 is 0 Å². The third-order valence-corrected chi connectivity index (χ3v) is 8.43. The first-order chi connectivity index (χ1) is 15.6. The van der Waals surface area contributed by atoms with Crippen molar-refractivity contribution < 1.29 is 9.47 Å². The summed E-state index contributed by atoms with van der Waals surface area (Å²) >= 11 is 0. The van der Waals surface area contributed by atoms with Crippen molar-refractivity contribution in [1.82, 2.24) is 9.78 Å². The number of rotatable bonds is 3. The molecule has 2 heterocycles. The van der Waals surface area contributed by atoms with E-state index in [9.17, 15) is 0 Å². The predicted molar refractivity (Wildman–Crippen MR) is 125 cm³/mol. The van der Waals surface area contributed by atoms with Crippen LogP contribution in [0.25, 0.3) is 11.3 Å². The second-order valence-corrected chi connectivity index (χ2v) is 9.93. The summed E-state index contributed by atoms with van der Waals surface area (Å²) in [5.74, 6) is 0.428. The second-order valence-electron chi connectivity index (χ2n) is 9.93. The Balaban J connectivity index is 1.50. The third kappa shape index (κ3) is 2.93. The largest absolute Gasteiger partial charge is 0.347 e. The molecule has 2 aromatic carbocycles. The highest BCUT2D eigenvalue weighted by Crippen LogP contribution is 2.58. The SMILES string of the molecule is CC1C2CCc3c(nn(C)c3-c3ccccc3)C2(Cc2ccccc2)CCC12OCCO2. The van der Waals surface area contributed by atoms with Crippen molar-refractivity contribution in [2.24, 2.45) is 18.9 Å². The summed E-state index contributed by atoms with van der Waals surface area (Å²) in [5.41, 5.74) is 6.72. The fourth-order valence-electron chi connectivity index (χ4n) is 7.02. The van der Waals surface area contributed by atoms with Crippen molar-refractivity contribution in [2.75, 3.05) is 13.2 Å². The van der Waals surface area contributed by atoms with Crippen LogP contribution in [0.2, 0.25) is 0 Å². The third-order valence-electron chi connectivity index (χ3n) is 8.43. The zero-order valence-electron chi connectivity index (χ0n) is 19.1. The molecule has 1 saturated heterocycles. The number of hydrogen-bond acceptors (Lipinski definition) is 3. The number of benzene rings is 2. The highest BCUT2D eigenvalue weighted by Gasteiger charge is 2.59. The smallest absolute Gasteiger partial charge is 0.171 e. The monoisotopic (exact) mass is 428 g/mol. The number of nitrogens with zero attached hydrogens (tertiary/aromatic N) is 2. The quantitative estimate of drug-likeness (QED) is 0.568. The molecule has 6 rings (SSSR count). The lowest BCUT2D eigenvalue weighted by Crippen LogP contribution is -2.57. The van der Waals surface area contributed by atoms with Gasteiger partial charge in [-0.2, -0.15) is 5.10 Å². The lowest BCUT2D eigenvalue weighted by Gasteiger charge is -2.55. The van der Waals surface area contributed by atoms with Crippen LogP contribution in [0.15, 0.2) is 60.7 Å². The molecule has 2 aliphatic carbocycles. The zero-order chi connectivity index (χ0) is 21.8. The maximum Gasteiger partial charge on any atom is 0.171 e.